The molecule has 0 spiro atoms. The molecule has 4 heteroatoms. The Balaban J connectivity index is 2.42. The topological polar surface area (TPSA) is 0 Å². The van der Waals surface area contributed by atoms with Gasteiger partial charge in [0.25, 0.3) is 0 Å². The lowest BCUT2D eigenvalue weighted by molar-refractivity contribution is 0.568. The van der Waals surface area contributed by atoms with Crippen molar-refractivity contribution in [3.05, 3.63) is 69.2 Å². The number of alkyl halides is 1. The summed E-state index contributed by atoms with van der Waals surface area (Å²) in [5, 5.41) is -0.627. The Hall–Kier alpha value is -0.930. The number of halogens is 4. The molecule has 0 bridgehead atoms. The number of benzene rings is 2. The summed E-state index contributed by atoms with van der Waals surface area (Å²) in [6.45, 7) is 1.59. The molecular weight excluding hydrogens is 322 g/mol. The molecule has 1 atom stereocenters. The SMILES string of the molecule is Cc1cc(C(Cl)c2ccc(Br)cc2)c(F)cc1F. The first-order valence-corrected chi connectivity index (χ1v) is 6.57. The maximum atomic E-state index is 13.7. The van der Waals surface area contributed by atoms with Crippen LogP contribution in [0.5, 0.6) is 0 Å². The summed E-state index contributed by atoms with van der Waals surface area (Å²) in [5.74, 6) is -1.18. The molecule has 0 aromatic heterocycles. The van der Waals surface area contributed by atoms with Crippen LogP contribution in [0.4, 0.5) is 8.78 Å². The van der Waals surface area contributed by atoms with Crippen molar-refractivity contribution >= 4 is 27.5 Å². The van der Waals surface area contributed by atoms with Crippen LogP contribution in [0.3, 0.4) is 0 Å². The molecule has 0 fully saturated rings. The zero-order valence-corrected chi connectivity index (χ0v) is 11.9. The summed E-state index contributed by atoms with van der Waals surface area (Å²) in [7, 11) is 0. The second-order valence-corrected chi connectivity index (χ2v) is 5.39. The van der Waals surface area contributed by atoms with Gasteiger partial charge in [0, 0.05) is 16.1 Å². The molecule has 2 rings (SSSR count). The van der Waals surface area contributed by atoms with E-state index in [0.717, 1.165) is 16.1 Å². The van der Waals surface area contributed by atoms with Gasteiger partial charge in [0.2, 0.25) is 0 Å². The molecule has 0 N–H and O–H groups in total. The predicted octanol–water partition coefficient (Wildman–Crippen LogP) is 5.36. The van der Waals surface area contributed by atoms with Gasteiger partial charge in [0.15, 0.2) is 0 Å². The monoisotopic (exact) mass is 330 g/mol. The fourth-order valence-corrected chi connectivity index (χ4v) is 2.26. The molecule has 2 aromatic rings. The standard InChI is InChI=1S/C14H10BrClF2/c1-8-6-11(13(18)7-12(8)17)14(16)9-2-4-10(15)5-3-9/h2-7,14H,1H3. The molecule has 0 saturated carbocycles. The van der Waals surface area contributed by atoms with E-state index < -0.39 is 17.0 Å². The third-order valence-electron chi connectivity index (χ3n) is 2.71. The second-order valence-electron chi connectivity index (χ2n) is 4.04. The van der Waals surface area contributed by atoms with E-state index >= 15 is 0 Å². The molecule has 0 heterocycles. The average molecular weight is 332 g/mol. The van der Waals surface area contributed by atoms with Gasteiger partial charge in [-0.2, -0.15) is 0 Å². The molecule has 94 valence electrons. The molecule has 18 heavy (non-hydrogen) atoms. The molecule has 0 aliphatic heterocycles. The Bertz CT molecular complexity index is 567. The van der Waals surface area contributed by atoms with Crippen LogP contribution < -0.4 is 0 Å². The fourth-order valence-electron chi connectivity index (χ4n) is 1.69. The molecule has 0 radical (unpaired) electrons. The van der Waals surface area contributed by atoms with Crippen molar-refractivity contribution in [1.82, 2.24) is 0 Å². The molecule has 2 aromatic carbocycles. The predicted molar refractivity (Wildman–Crippen MR) is 72.9 cm³/mol. The van der Waals surface area contributed by atoms with Crippen molar-refractivity contribution in [3.63, 3.8) is 0 Å². The third-order valence-corrected chi connectivity index (χ3v) is 3.73. The van der Waals surface area contributed by atoms with Crippen LogP contribution in [0.15, 0.2) is 40.9 Å². The quantitative estimate of drug-likeness (QED) is 0.650. The van der Waals surface area contributed by atoms with E-state index in [2.05, 4.69) is 15.9 Å². The van der Waals surface area contributed by atoms with Crippen molar-refractivity contribution in [2.75, 3.05) is 0 Å². The minimum atomic E-state index is -0.627. The Kier molecular flexibility index (Phi) is 4.03. The van der Waals surface area contributed by atoms with E-state index in [0.29, 0.717) is 5.56 Å². The summed E-state index contributed by atoms with van der Waals surface area (Å²) in [4.78, 5) is 0. The third kappa shape index (κ3) is 2.73. The summed E-state index contributed by atoms with van der Waals surface area (Å²) >= 11 is 9.56. The largest absolute Gasteiger partial charge is 0.207 e. The van der Waals surface area contributed by atoms with Gasteiger partial charge in [-0.1, -0.05) is 28.1 Å². The Morgan fingerprint density at radius 3 is 2.28 bits per heavy atom. The van der Waals surface area contributed by atoms with E-state index in [1.54, 1.807) is 19.1 Å². The Morgan fingerprint density at radius 2 is 1.67 bits per heavy atom. The normalized spacial score (nSPS) is 12.5. The number of hydrogen-bond donors (Lipinski definition) is 0. The lowest BCUT2D eigenvalue weighted by atomic mass is 10.0. The smallest absolute Gasteiger partial charge is 0.131 e. The maximum Gasteiger partial charge on any atom is 0.131 e. The first kappa shape index (κ1) is 13.5. The van der Waals surface area contributed by atoms with E-state index in [-0.39, 0.29) is 5.56 Å². The summed E-state index contributed by atoms with van der Waals surface area (Å²) in [6, 6.07) is 9.60. The summed E-state index contributed by atoms with van der Waals surface area (Å²) < 4.78 is 27.8. The van der Waals surface area contributed by atoms with Gasteiger partial charge in [0.1, 0.15) is 11.6 Å². The minimum absolute atomic E-state index is 0.290. The number of hydrogen-bond acceptors (Lipinski definition) is 0. The zero-order chi connectivity index (χ0) is 13.3. The van der Waals surface area contributed by atoms with Crippen molar-refractivity contribution in [1.29, 1.82) is 0 Å². The highest BCUT2D eigenvalue weighted by atomic mass is 79.9. The number of rotatable bonds is 2. The van der Waals surface area contributed by atoms with Crippen LogP contribution in [0.25, 0.3) is 0 Å². The van der Waals surface area contributed by atoms with Crippen LogP contribution in [0.2, 0.25) is 0 Å². The van der Waals surface area contributed by atoms with Crippen LogP contribution in [0, 0.1) is 18.6 Å². The average Bonchev–Trinajstić information content (AvgIpc) is 2.34. The van der Waals surface area contributed by atoms with Gasteiger partial charge in [0.05, 0.1) is 5.38 Å². The first-order valence-electron chi connectivity index (χ1n) is 5.34. The van der Waals surface area contributed by atoms with Gasteiger partial charge < -0.3 is 0 Å². The van der Waals surface area contributed by atoms with E-state index in [1.165, 1.54) is 6.07 Å². The van der Waals surface area contributed by atoms with Crippen molar-refractivity contribution in [2.24, 2.45) is 0 Å². The Morgan fingerprint density at radius 1 is 1.06 bits per heavy atom. The van der Waals surface area contributed by atoms with Gasteiger partial charge >= 0.3 is 0 Å². The van der Waals surface area contributed by atoms with Crippen molar-refractivity contribution in [2.45, 2.75) is 12.3 Å². The highest BCUT2D eigenvalue weighted by molar-refractivity contribution is 9.10. The van der Waals surface area contributed by atoms with E-state index in [1.807, 2.05) is 12.1 Å². The van der Waals surface area contributed by atoms with Gasteiger partial charge in [-0.3, -0.25) is 0 Å². The molecule has 0 amide bonds. The molecule has 0 aliphatic rings. The molecule has 0 saturated heterocycles. The second kappa shape index (κ2) is 5.37. The van der Waals surface area contributed by atoms with Crippen molar-refractivity contribution in [3.8, 4) is 0 Å². The van der Waals surface area contributed by atoms with Crippen LogP contribution in [-0.2, 0) is 0 Å². The highest BCUT2D eigenvalue weighted by Gasteiger charge is 2.17. The molecule has 0 nitrogen and oxygen atoms in total. The van der Waals surface area contributed by atoms with Crippen LogP contribution >= 0.6 is 27.5 Å². The van der Waals surface area contributed by atoms with Crippen molar-refractivity contribution < 1.29 is 8.78 Å². The minimum Gasteiger partial charge on any atom is -0.207 e. The summed E-state index contributed by atoms with van der Waals surface area (Å²) in [5.41, 5.74) is 1.44. The highest BCUT2D eigenvalue weighted by Crippen LogP contribution is 2.32. The molecular formula is C14H10BrClF2. The lowest BCUT2D eigenvalue weighted by Gasteiger charge is -2.12. The van der Waals surface area contributed by atoms with Gasteiger partial charge in [-0.15, -0.1) is 11.6 Å². The van der Waals surface area contributed by atoms with Gasteiger partial charge in [-0.25, -0.2) is 8.78 Å². The van der Waals surface area contributed by atoms with E-state index in [9.17, 15) is 8.78 Å². The molecule has 1 unspecified atom stereocenters. The Labute approximate surface area is 118 Å². The lowest BCUT2D eigenvalue weighted by Crippen LogP contribution is -1.99. The zero-order valence-electron chi connectivity index (χ0n) is 9.55. The van der Waals surface area contributed by atoms with Gasteiger partial charge in [-0.05, 0) is 36.2 Å². The fraction of sp³-hybridized carbons (Fsp3) is 0.143. The van der Waals surface area contributed by atoms with Crippen LogP contribution in [-0.4, -0.2) is 0 Å². The summed E-state index contributed by atoms with van der Waals surface area (Å²) in [6.07, 6.45) is 0. The number of aryl methyl sites for hydroxylation is 1. The molecule has 0 aliphatic carbocycles. The first-order chi connectivity index (χ1) is 8.49. The van der Waals surface area contributed by atoms with Crippen LogP contribution in [0.1, 0.15) is 22.1 Å². The maximum absolute atomic E-state index is 13.7. The van der Waals surface area contributed by atoms with E-state index in [4.69, 9.17) is 11.6 Å².